The fourth-order valence-electron chi connectivity index (χ4n) is 2.28. The van der Waals surface area contributed by atoms with Gasteiger partial charge >= 0.3 is 0 Å². The van der Waals surface area contributed by atoms with Gasteiger partial charge in [-0.2, -0.15) is 0 Å². The molecule has 1 aliphatic heterocycles. The van der Waals surface area contributed by atoms with Gasteiger partial charge in [0.15, 0.2) is 0 Å². The molecule has 0 atom stereocenters. The molecule has 2 heterocycles. The molecule has 5 heteroatoms. The van der Waals surface area contributed by atoms with Crippen LogP contribution in [0.5, 0.6) is 0 Å². The summed E-state index contributed by atoms with van der Waals surface area (Å²) in [5.74, 6) is 0.792. The van der Waals surface area contributed by atoms with Crippen LogP contribution in [-0.4, -0.2) is 52.7 Å². The standard InChI is InChI=1S/C13H22N4O/c1-3-4-16-5-7-17(8-6-16)13-14-9-12(10-18)11(2)15-13/h9,18H,3-8,10H2,1-2H3. The van der Waals surface area contributed by atoms with Crippen molar-refractivity contribution >= 4 is 5.95 Å². The van der Waals surface area contributed by atoms with E-state index in [9.17, 15) is 0 Å². The third-order valence-corrected chi connectivity index (χ3v) is 3.43. The Morgan fingerprint density at radius 2 is 2.00 bits per heavy atom. The molecule has 1 fully saturated rings. The second kappa shape index (κ2) is 6.11. The molecule has 0 saturated carbocycles. The van der Waals surface area contributed by atoms with E-state index in [4.69, 9.17) is 5.11 Å². The van der Waals surface area contributed by atoms with Gasteiger partial charge in [-0.15, -0.1) is 0 Å². The third-order valence-electron chi connectivity index (χ3n) is 3.43. The molecule has 18 heavy (non-hydrogen) atoms. The average molecular weight is 250 g/mol. The van der Waals surface area contributed by atoms with E-state index in [1.165, 1.54) is 13.0 Å². The molecular formula is C13H22N4O. The fourth-order valence-corrected chi connectivity index (χ4v) is 2.28. The summed E-state index contributed by atoms with van der Waals surface area (Å²) >= 11 is 0. The highest BCUT2D eigenvalue weighted by Crippen LogP contribution is 2.13. The summed E-state index contributed by atoms with van der Waals surface area (Å²) in [7, 11) is 0. The van der Waals surface area contributed by atoms with Crippen molar-refractivity contribution in [3.63, 3.8) is 0 Å². The van der Waals surface area contributed by atoms with Crippen molar-refractivity contribution < 1.29 is 5.11 Å². The minimum absolute atomic E-state index is 0.0103. The minimum Gasteiger partial charge on any atom is -0.392 e. The Kier molecular flexibility index (Phi) is 4.49. The van der Waals surface area contributed by atoms with E-state index in [1.54, 1.807) is 6.20 Å². The van der Waals surface area contributed by atoms with E-state index in [2.05, 4.69) is 26.7 Å². The van der Waals surface area contributed by atoms with E-state index in [0.717, 1.165) is 43.4 Å². The lowest BCUT2D eigenvalue weighted by atomic mass is 10.2. The van der Waals surface area contributed by atoms with Gasteiger partial charge in [0.25, 0.3) is 0 Å². The Hall–Kier alpha value is -1.20. The van der Waals surface area contributed by atoms with Crippen LogP contribution in [0, 0.1) is 6.92 Å². The predicted molar refractivity (Wildman–Crippen MR) is 71.6 cm³/mol. The van der Waals surface area contributed by atoms with E-state index in [-0.39, 0.29) is 6.61 Å². The SMILES string of the molecule is CCCN1CCN(c2ncc(CO)c(C)n2)CC1. The monoisotopic (exact) mass is 250 g/mol. The molecule has 0 unspecified atom stereocenters. The third kappa shape index (κ3) is 2.97. The Morgan fingerprint density at radius 3 is 2.56 bits per heavy atom. The van der Waals surface area contributed by atoms with Gasteiger partial charge in [0, 0.05) is 43.6 Å². The lowest BCUT2D eigenvalue weighted by Crippen LogP contribution is -2.47. The predicted octanol–water partition coefficient (Wildman–Crippen LogP) is 0.809. The first kappa shape index (κ1) is 13.2. The Bertz CT molecular complexity index is 389. The van der Waals surface area contributed by atoms with E-state index < -0.39 is 0 Å². The summed E-state index contributed by atoms with van der Waals surface area (Å²) in [6.45, 7) is 9.45. The molecule has 0 amide bonds. The molecule has 2 rings (SSSR count). The number of rotatable bonds is 4. The zero-order valence-corrected chi connectivity index (χ0v) is 11.3. The van der Waals surface area contributed by atoms with E-state index in [0.29, 0.717) is 0 Å². The van der Waals surface area contributed by atoms with Gasteiger partial charge in [0.05, 0.1) is 6.61 Å². The highest BCUT2D eigenvalue weighted by molar-refractivity contribution is 5.33. The average Bonchev–Trinajstić information content (AvgIpc) is 2.40. The van der Waals surface area contributed by atoms with Crippen molar-refractivity contribution in [2.24, 2.45) is 0 Å². The van der Waals surface area contributed by atoms with Crippen molar-refractivity contribution in [1.29, 1.82) is 0 Å². The maximum atomic E-state index is 9.11. The van der Waals surface area contributed by atoms with Gasteiger partial charge < -0.3 is 10.0 Å². The second-order valence-corrected chi connectivity index (χ2v) is 4.77. The van der Waals surface area contributed by atoms with Crippen LogP contribution in [0.4, 0.5) is 5.95 Å². The summed E-state index contributed by atoms with van der Waals surface area (Å²) in [6.07, 6.45) is 2.94. The number of hydrogen-bond donors (Lipinski definition) is 1. The van der Waals surface area contributed by atoms with Crippen molar-refractivity contribution in [3.8, 4) is 0 Å². The molecular weight excluding hydrogens is 228 g/mol. The Balaban J connectivity index is 1.99. The molecule has 1 N–H and O–H groups in total. The van der Waals surface area contributed by atoms with Crippen LogP contribution >= 0.6 is 0 Å². The molecule has 0 bridgehead atoms. The summed E-state index contributed by atoms with van der Waals surface area (Å²) in [5, 5.41) is 9.11. The number of aliphatic hydroxyl groups is 1. The largest absolute Gasteiger partial charge is 0.392 e. The molecule has 1 aromatic heterocycles. The van der Waals surface area contributed by atoms with Gasteiger partial charge in [-0.05, 0) is 19.9 Å². The van der Waals surface area contributed by atoms with Gasteiger partial charge in [-0.3, -0.25) is 4.90 Å². The Morgan fingerprint density at radius 1 is 1.28 bits per heavy atom. The van der Waals surface area contributed by atoms with Crippen LogP contribution in [0.1, 0.15) is 24.6 Å². The molecule has 1 aliphatic rings. The molecule has 100 valence electrons. The number of piperazine rings is 1. The van der Waals surface area contributed by atoms with Gasteiger partial charge in [0.2, 0.25) is 5.95 Å². The number of aryl methyl sites for hydroxylation is 1. The van der Waals surface area contributed by atoms with Crippen LogP contribution in [0.2, 0.25) is 0 Å². The first-order valence-corrected chi connectivity index (χ1v) is 6.65. The molecule has 1 saturated heterocycles. The first-order valence-electron chi connectivity index (χ1n) is 6.65. The van der Waals surface area contributed by atoms with Crippen molar-refractivity contribution in [3.05, 3.63) is 17.5 Å². The van der Waals surface area contributed by atoms with E-state index >= 15 is 0 Å². The lowest BCUT2D eigenvalue weighted by molar-refractivity contribution is 0.257. The maximum Gasteiger partial charge on any atom is 0.225 e. The van der Waals surface area contributed by atoms with Gasteiger partial charge in [-0.1, -0.05) is 6.92 Å². The molecule has 0 aliphatic carbocycles. The highest BCUT2D eigenvalue weighted by atomic mass is 16.3. The van der Waals surface area contributed by atoms with Crippen molar-refractivity contribution in [2.45, 2.75) is 26.9 Å². The lowest BCUT2D eigenvalue weighted by Gasteiger charge is -2.34. The van der Waals surface area contributed by atoms with E-state index in [1.807, 2.05) is 6.92 Å². The molecule has 0 spiro atoms. The molecule has 0 radical (unpaired) electrons. The second-order valence-electron chi connectivity index (χ2n) is 4.77. The normalized spacial score (nSPS) is 17.2. The highest BCUT2D eigenvalue weighted by Gasteiger charge is 2.18. The van der Waals surface area contributed by atoms with Crippen LogP contribution in [0.3, 0.4) is 0 Å². The summed E-state index contributed by atoms with van der Waals surface area (Å²) < 4.78 is 0. The van der Waals surface area contributed by atoms with Crippen LogP contribution in [0.25, 0.3) is 0 Å². The van der Waals surface area contributed by atoms with Crippen LogP contribution in [0.15, 0.2) is 6.20 Å². The molecule has 1 aromatic rings. The summed E-state index contributed by atoms with van der Waals surface area (Å²) in [5.41, 5.74) is 1.68. The minimum atomic E-state index is 0.0103. The summed E-state index contributed by atoms with van der Waals surface area (Å²) in [4.78, 5) is 13.5. The van der Waals surface area contributed by atoms with Gasteiger partial charge in [-0.25, -0.2) is 9.97 Å². The summed E-state index contributed by atoms with van der Waals surface area (Å²) in [6, 6.07) is 0. The quantitative estimate of drug-likeness (QED) is 0.857. The molecule has 5 nitrogen and oxygen atoms in total. The molecule has 0 aromatic carbocycles. The van der Waals surface area contributed by atoms with Crippen molar-refractivity contribution in [2.75, 3.05) is 37.6 Å². The number of anilines is 1. The van der Waals surface area contributed by atoms with Crippen molar-refractivity contribution in [1.82, 2.24) is 14.9 Å². The van der Waals surface area contributed by atoms with Gasteiger partial charge in [0.1, 0.15) is 0 Å². The van der Waals surface area contributed by atoms with Crippen LogP contribution < -0.4 is 4.90 Å². The Labute approximate surface area is 108 Å². The smallest absolute Gasteiger partial charge is 0.225 e. The zero-order valence-electron chi connectivity index (χ0n) is 11.3. The number of aliphatic hydroxyl groups excluding tert-OH is 1. The maximum absolute atomic E-state index is 9.11. The topological polar surface area (TPSA) is 52.5 Å². The zero-order chi connectivity index (χ0) is 13.0. The number of aromatic nitrogens is 2. The number of nitrogens with zero attached hydrogens (tertiary/aromatic N) is 4. The number of hydrogen-bond acceptors (Lipinski definition) is 5. The first-order chi connectivity index (χ1) is 8.74. The fraction of sp³-hybridized carbons (Fsp3) is 0.692. The van der Waals surface area contributed by atoms with Crippen LogP contribution in [-0.2, 0) is 6.61 Å².